The van der Waals surface area contributed by atoms with Crippen molar-refractivity contribution in [3.05, 3.63) is 61.9 Å². The van der Waals surface area contributed by atoms with Gasteiger partial charge in [0.2, 0.25) is 5.56 Å². The normalized spacial score (nSPS) is 16.5. The molecule has 0 saturated heterocycles. The quantitative estimate of drug-likeness (QED) is 0.782. The lowest BCUT2D eigenvalue weighted by molar-refractivity contribution is 0.0928. The van der Waals surface area contributed by atoms with Crippen LogP contribution in [-0.4, -0.2) is 23.0 Å². The molecule has 2 aromatic heterocycles. The van der Waals surface area contributed by atoms with Gasteiger partial charge >= 0.3 is 0 Å². The van der Waals surface area contributed by atoms with Crippen LogP contribution in [0.25, 0.3) is 0 Å². The van der Waals surface area contributed by atoms with Crippen LogP contribution in [0, 0.1) is 0 Å². The molecule has 0 aliphatic heterocycles. The van der Waals surface area contributed by atoms with Crippen molar-refractivity contribution in [2.24, 2.45) is 0 Å². The summed E-state index contributed by atoms with van der Waals surface area (Å²) < 4.78 is 5.09. The van der Waals surface area contributed by atoms with Crippen molar-refractivity contribution in [2.75, 3.05) is 7.11 Å². The van der Waals surface area contributed by atoms with Gasteiger partial charge in [-0.05, 0) is 37.0 Å². The van der Waals surface area contributed by atoms with Crippen molar-refractivity contribution >= 4 is 5.91 Å². The fraction of sp³-hybridized carbons (Fsp3) is 0.312. The van der Waals surface area contributed by atoms with Crippen molar-refractivity contribution < 1.29 is 9.53 Å². The van der Waals surface area contributed by atoms with Crippen LogP contribution < -0.4 is 21.2 Å². The third-order valence-electron chi connectivity index (χ3n) is 4.01. The Morgan fingerprint density at radius 1 is 1.30 bits per heavy atom. The summed E-state index contributed by atoms with van der Waals surface area (Å²) in [7, 11) is 1.41. The van der Waals surface area contributed by atoms with Gasteiger partial charge in [-0.1, -0.05) is 0 Å². The second-order valence-corrected chi connectivity index (χ2v) is 5.42. The molecule has 0 radical (unpaired) electrons. The number of pyridine rings is 2. The number of hydrogen-bond acceptors (Lipinski definition) is 4. The summed E-state index contributed by atoms with van der Waals surface area (Å²) in [6.45, 7) is 0. The second-order valence-electron chi connectivity index (χ2n) is 5.42. The van der Waals surface area contributed by atoms with Gasteiger partial charge in [0, 0.05) is 18.0 Å². The first-order valence-electron chi connectivity index (χ1n) is 7.39. The maximum atomic E-state index is 12.5. The van der Waals surface area contributed by atoms with Crippen LogP contribution in [0.2, 0.25) is 0 Å². The number of aromatic nitrogens is 2. The van der Waals surface area contributed by atoms with Crippen molar-refractivity contribution in [3.8, 4) is 5.75 Å². The number of hydrogen-bond donors (Lipinski definition) is 3. The van der Waals surface area contributed by atoms with Crippen LogP contribution >= 0.6 is 0 Å². The van der Waals surface area contributed by atoms with Crippen molar-refractivity contribution in [1.82, 2.24) is 15.3 Å². The van der Waals surface area contributed by atoms with E-state index in [-0.39, 0.29) is 22.9 Å². The van der Waals surface area contributed by atoms with Crippen molar-refractivity contribution in [3.63, 3.8) is 0 Å². The number of H-pyrrole nitrogens is 2. The number of aromatic amines is 2. The van der Waals surface area contributed by atoms with E-state index in [1.54, 1.807) is 6.07 Å². The number of nitrogens with one attached hydrogen (secondary N) is 3. The van der Waals surface area contributed by atoms with E-state index in [0.717, 1.165) is 30.5 Å². The Balaban J connectivity index is 1.91. The van der Waals surface area contributed by atoms with Gasteiger partial charge in [0.15, 0.2) is 0 Å². The topological polar surface area (TPSA) is 104 Å². The van der Waals surface area contributed by atoms with Crippen molar-refractivity contribution in [2.45, 2.75) is 25.3 Å². The molecule has 2 aromatic rings. The first-order valence-corrected chi connectivity index (χ1v) is 7.39. The fourth-order valence-corrected chi connectivity index (χ4v) is 2.93. The number of rotatable bonds is 3. The molecule has 0 saturated carbocycles. The third kappa shape index (κ3) is 2.90. The molecule has 23 heavy (non-hydrogen) atoms. The fourth-order valence-electron chi connectivity index (χ4n) is 2.93. The standard InChI is InChI=1S/C16H17N3O4/c1-23-12-7-8-17-15(21)14(12)16(22)19-11-4-2-3-10-9(11)5-6-13(20)18-10/h5-8,11H,2-4H2,1H3,(H,17,21)(H,18,20)(H,19,22). The van der Waals surface area contributed by atoms with E-state index in [1.165, 1.54) is 25.4 Å². The van der Waals surface area contributed by atoms with E-state index in [4.69, 9.17) is 4.74 Å². The molecule has 7 nitrogen and oxygen atoms in total. The zero-order valence-corrected chi connectivity index (χ0v) is 12.6. The Morgan fingerprint density at radius 2 is 2.13 bits per heavy atom. The minimum absolute atomic E-state index is 0.0495. The Hall–Kier alpha value is -2.83. The second kappa shape index (κ2) is 6.12. The Bertz CT molecular complexity index is 853. The summed E-state index contributed by atoms with van der Waals surface area (Å²) in [6, 6.07) is 4.46. The summed E-state index contributed by atoms with van der Waals surface area (Å²) >= 11 is 0. The molecule has 1 unspecified atom stereocenters. The van der Waals surface area contributed by atoms with Gasteiger partial charge in [-0.25, -0.2) is 0 Å². The van der Waals surface area contributed by atoms with Crippen LogP contribution in [0.15, 0.2) is 34.0 Å². The van der Waals surface area contributed by atoms with Gasteiger partial charge < -0.3 is 20.0 Å². The highest BCUT2D eigenvalue weighted by atomic mass is 16.5. The molecule has 0 fully saturated rings. The molecular weight excluding hydrogens is 298 g/mol. The zero-order valence-electron chi connectivity index (χ0n) is 12.6. The number of aryl methyl sites for hydroxylation is 1. The average Bonchev–Trinajstić information content (AvgIpc) is 2.54. The van der Waals surface area contributed by atoms with Gasteiger partial charge in [-0.15, -0.1) is 0 Å². The Kier molecular flexibility index (Phi) is 4.01. The molecule has 1 amide bonds. The minimum atomic E-state index is -0.501. The number of methoxy groups -OCH3 is 1. The first-order chi connectivity index (χ1) is 11.1. The van der Waals surface area contributed by atoms with E-state index >= 15 is 0 Å². The highest BCUT2D eigenvalue weighted by Gasteiger charge is 2.25. The summed E-state index contributed by atoms with van der Waals surface area (Å²) in [5, 5.41) is 2.87. The van der Waals surface area contributed by atoms with Crippen LogP contribution in [0.5, 0.6) is 5.75 Å². The SMILES string of the molecule is COc1cc[nH]c(=O)c1C(=O)NC1CCCc2[nH]c(=O)ccc21. The molecule has 1 atom stereocenters. The minimum Gasteiger partial charge on any atom is -0.496 e. The molecule has 1 aliphatic carbocycles. The molecule has 120 valence electrons. The van der Waals surface area contributed by atoms with E-state index in [9.17, 15) is 14.4 Å². The van der Waals surface area contributed by atoms with E-state index < -0.39 is 11.5 Å². The van der Waals surface area contributed by atoms with E-state index in [2.05, 4.69) is 15.3 Å². The average molecular weight is 315 g/mol. The Labute approximate surface area is 131 Å². The van der Waals surface area contributed by atoms with Gasteiger partial charge in [-0.3, -0.25) is 14.4 Å². The lowest BCUT2D eigenvalue weighted by Gasteiger charge is -2.26. The smallest absolute Gasteiger partial charge is 0.264 e. The number of carbonyl (C=O) groups excluding carboxylic acids is 1. The predicted molar refractivity (Wildman–Crippen MR) is 83.8 cm³/mol. The molecule has 7 heteroatoms. The molecule has 0 aromatic carbocycles. The van der Waals surface area contributed by atoms with Gasteiger partial charge in [0.1, 0.15) is 11.3 Å². The first kappa shape index (κ1) is 15.1. The molecule has 3 N–H and O–H groups in total. The zero-order chi connectivity index (χ0) is 16.4. The molecular formula is C16H17N3O4. The molecule has 0 bridgehead atoms. The molecule has 1 aliphatic rings. The van der Waals surface area contributed by atoms with Crippen LogP contribution in [0.3, 0.4) is 0 Å². The van der Waals surface area contributed by atoms with Crippen LogP contribution in [0.1, 0.15) is 40.5 Å². The maximum absolute atomic E-state index is 12.5. The monoisotopic (exact) mass is 315 g/mol. The van der Waals surface area contributed by atoms with Gasteiger partial charge in [0.25, 0.3) is 11.5 Å². The maximum Gasteiger partial charge on any atom is 0.264 e. The predicted octanol–water partition coefficient (Wildman–Crippen LogP) is 0.879. The summed E-state index contributed by atoms with van der Waals surface area (Å²) in [5.74, 6) is -0.267. The largest absolute Gasteiger partial charge is 0.496 e. The van der Waals surface area contributed by atoms with Crippen LogP contribution in [0.4, 0.5) is 0 Å². The summed E-state index contributed by atoms with van der Waals surface area (Å²) in [4.78, 5) is 41.1. The number of amides is 1. The Morgan fingerprint density at radius 3 is 2.91 bits per heavy atom. The lowest BCUT2D eigenvalue weighted by atomic mass is 9.91. The number of carbonyl (C=O) groups is 1. The lowest BCUT2D eigenvalue weighted by Crippen LogP contribution is -2.35. The molecule has 0 spiro atoms. The van der Waals surface area contributed by atoms with Gasteiger partial charge in [0.05, 0.1) is 13.2 Å². The van der Waals surface area contributed by atoms with Crippen LogP contribution in [-0.2, 0) is 6.42 Å². The van der Waals surface area contributed by atoms with Crippen molar-refractivity contribution in [1.29, 1.82) is 0 Å². The summed E-state index contributed by atoms with van der Waals surface area (Å²) in [6.07, 6.45) is 3.80. The highest BCUT2D eigenvalue weighted by Crippen LogP contribution is 2.28. The number of ether oxygens (including phenoxy) is 1. The highest BCUT2D eigenvalue weighted by molar-refractivity contribution is 5.96. The third-order valence-corrected chi connectivity index (χ3v) is 4.01. The number of fused-ring (bicyclic) bond motifs is 1. The molecule has 2 heterocycles. The van der Waals surface area contributed by atoms with E-state index in [0.29, 0.717) is 0 Å². The van der Waals surface area contributed by atoms with Gasteiger partial charge in [-0.2, -0.15) is 0 Å². The molecule has 3 rings (SSSR count). The summed E-state index contributed by atoms with van der Waals surface area (Å²) in [5.41, 5.74) is 1.02. The van der Waals surface area contributed by atoms with E-state index in [1.807, 2.05) is 0 Å².